The fourth-order valence-electron chi connectivity index (χ4n) is 6.24. The molecule has 46 heavy (non-hydrogen) atoms. The molecule has 0 saturated carbocycles. The maximum atomic E-state index is 6.48. The van der Waals surface area contributed by atoms with Crippen molar-refractivity contribution in [2.45, 2.75) is 13.3 Å². The number of nitrogens with two attached hydrogens (primary N) is 2. The van der Waals surface area contributed by atoms with Gasteiger partial charge in [0, 0.05) is 18.3 Å². The van der Waals surface area contributed by atoms with E-state index in [9.17, 15) is 0 Å². The van der Waals surface area contributed by atoms with Crippen LogP contribution in [0.5, 0.6) is 0 Å². The largest absolute Gasteiger partial charge is 0.402 e. The van der Waals surface area contributed by atoms with Gasteiger partial charge in [0.2, 0.25) is 0 Å². The Kier molecular flexibility index (Phi) is 7.89. The molecule has 6 aromatic carbocycles. The molecule has 0 atom stereocenters. The SMILES string of the molecule is C/C=C\C=C(/N)C/C=C(\C=C(/N)c1ccccn1)c1ccc(-c2ccc(-c3ccc4ccc5cccc6ccc3c4c56)cc2)cc1. The molecule has 1 aromatic heterocycles. The summed E-state index contributed by atoms with van der Waals surface area (Å²) in [5.74, 6) is 0. The molecule has 0 radical (unpaired) electrons. The van der Waals surface area contributed by atoms with Crippen molar-refractivity contribution in [3.63, 3.8) is 0 Å². The Morgan fingerprint density at radius 1 is 0.652 bits per heavy atom. The lowest BCUT2D eigenvalue weighted by molar-refractivity contribution is 1.17. The second-order valence-corrected chi connectivity index (χ2v) is 11.6. The molecule has 3 nitrogen and oxygen atoms in total. The minimum Gasteiger partial charge on any atom is -0.402 e. The average molecular weight is 594 g/mol. The number of hydrogen-bond donors (Lipinski definition) is 2. The van der Waals surface area contributed by atoms with E-state index in [0.29, 0.717) is 12.1 Å². The third-order valence-corrected chi connectivity index (χ3v) is 8.61. The zero-order chi connectivity index (χ0) is 31.5. The first kappa shape index (κ1) is 28.8. The molecule has 0 aliphatic rings. The molecule has 7 rings (SSSR count). The predicted octanol–water partition coefficient (Wildman–Crippen LogP) is 10.5. The summed E-state index contributed by atoms with van der Waals surface area (Å²) in [7, 11) is 0. The quantitative estimate of drug-likeness (QED) is 0.136. The molecule has 222 valence electrons. The lowest BCUT2D eigenvalue weighted by atomic mass is 9.89. The Morgan fingerprint density at radius 2 is 1.30 bits per heavy atom. The second kappa shape index (κ2) is 12.6. The predicted molar refractivity (Wildman–Crippen MR) is 197 cm³/mol. The van der Waals surface area contributed by atoms with E-state index in [1.165, 1.54) is 49.0 Å². The fourth-order valence-corrected chi connectivity index (χ4v) is 6.24. The number of hydrogen-bond acceptors (Lipinski definition) is 3. The molecule has 0 aliphatic heterocycles. The van der Waals surface area contributed by atoms with Crippen LogP contribution in [0.3, 0.4) is 0 Å². The fraction of sp³-hybridized carbons (Fsp3) is 0.0465. The molecule has 3 heteroatoms. The molecule has 0 spiro atoms. The van der Waals surface area contributed by atoms with E-state index in [0.717, 1.165) is 28.1 Å². The summed E-state index contributed by atoms with van der Waals surface area (Å²) in [5.41, 5.74) is 21.7. The zero-order valence-electron chi connectivity index (χ0n) is 25.8. The molecule has 0 unspecified atom stereocenters. The normalized spacial score (nSPS) is 13.0. The van der Waals surface area contributed by atoms with Crippen LogP contribution in [-0.2, 0) is 0 Å². The Labute approximate surface area is 269 Å². The van der Waals surface area contributed by atoms with E-state index in [2.05, 4.69) is 114 Å². The summed E-state index contributed by atoms with van der Waals surface area (Å²) < 4.78 is 0. The molecular weight excluding hydrogens is 558 g/mol. The van der Waals surface area contributed by atoms with Crippen molar-refractivity contribution in [2.75, 3.05) is 0 Å². The van der Waals surface area contributed by atoms with Gasteiger partial charge in [0.25, 0.3) is 0 Å². The standard InChI is InChI=1S/C43H35N3/c1-2-3-9-37(44)24-21-36(28-40(45)41-10-4-5-27-46-41)31-13-11-29(12-14-31)30-15-17-32(18-16-30)38-25-22-35-20-19-33-7-6-8-34-23-26-39(38)43(35)42(33)34/h2-23,25-28H,24,44-45H2,1H3/b3-2-,36-21+,37-9-,40-28-. The summed E-state index contributed by atoms with van der Waals surface area (Å²) >= 11 is 0. The Morgan fingerprint density at radius 3 is 2.00 bits per heavy atom. The van der Waals surface area contributed by atoms with Gasteiger partial charge in [0.1, 0.15) is 0 Å². The van der Waals surface area contributed by atoms with Crippen LogP contribution >= 0.6 is 0 Å². The van der Waals surface area contributed by atoms with Gasteiger partial charge in [-0.1, -0.05) is 127 Å². The van der Waals surface area contributed by atoms with Crippen molar-refractivity contribution in [3.05, 3.63) is 175 Å². The van der Waals surface area contributed by atoms with Gasteiger partial charge < -0.3 is 11.5 Å². The van der Waals surface area contributed by atoms with Gasteiger partial charge in [0.05, 0.1) is 11.4 Å². The van der Waals surface area contributed by atoms with Gasteiger partial charge >= 0.3 is 0 Å². The highest BCUT2D eigenvalue weighted by Crippen LogP contribution is 2.39. The molecule has 0 amide bonds. The molecular formula is C43H35N3. The first-order chi connectivity index (χ1) is 22.6. The number of benzene rings is 6. The molecule has 1 heterocycles. The third kappa shape index (κ3) is 5.67. The van der Waals surface area contributed by atoms with Gasteiger partial charge in [-0.25, -0.2) is 0 Å². The Balaban J connectivity index is 1.19. The number of rotatable bonds is 8. The van der Waals surface area contributed by atoms with Crippen molar-refractivity contribution in [3.8, 4) is 22.3 Å². The van der Waals surface area contributed by atoms with Crippen molar-refractivity contribution in [1.29, 1.82) is 0 Å². The minimum absolute atomic E-state index is 0.606. The molecule has 0 fully saturated rings. The van der Waals surface area contributed by atoms with Gasteiger partial charge in [-0.15, -0.1) is 0 Å². The Bertz CT molecular complexity index is 2260. The van der Waals surface area contributed by atoms with Crippen molar-refractivity contribution in [1.82, 2.24) is 4.98 Å². The highest BCUT2D eigenvalue weighted by atomic mass is 14.7. The summed E-state index contributed by atoms with van der Waals surface area (Å²) in [6, 6.07) is 43.3. The number of pyridine rings is 1. The van der Waals surface area contributed by atoms with Crippen LogP contribution in [0.25, 0.3) is 65.8 Å². The Hall–Kier alpha value is -5.93. The van der Waals surface area contributed by atoms with E-state index < -0.39 is 0 Å². The molecule has 7 aromatic rings. The number of nitrogens with zero attached hydrogens (tertiary/aromatic N) is 1. The van der Waals surface area contributed by atoms with E-state index in [-0.39, 0.29) is 0 Å². The van der Waals surface area contributed by atoms with Crippen LogP contribution in [0.15, 0.2) is 164 Å². The van der Waals surface area contributed by atoms with E-state index >= 15 is 0 Å². The topological polar surface area (TPSA) is 64.9 Å². The van der Waals surface area contributed by atoms with E-state index in [1.807, 2.05) is 49.4 Å². The lowest BCUT2D eigenvalue weighted by Gasteiger charge is -2.14. The van der Waals surface area contributed by atoms with Crippen LogP contribution in [0, 0.1) is 0 Å². The summed E-state index contributed by atoms with van der Waals surface area (Å²) in [6.07, 6.45) is 12.3. The van der Waals surface area contributed by atoms with Gasteiger partial charge in [-0.3, -0.25) is 4.98 Å². The molecule has 0 bridgehead atoms. The summed E-state index contributed by atoms with van der Waals surface area (Å²) in [5, 5.41) is 7.82. The second-order valence-electron chi connectivity index (χ2n) is 11.6. The zero-order valence-corrected chi connectivity index (χ0v) is 25.8. The van der Waals surface area contributed by atoms with Crippen LogP contribution in [0.1, 0.15) is 24.6 Å². The van der Waals surface area contributed by atoms with Crippen molar-refractivity contribution < 1.29 is 0 Å². The van der Waals surface area contributed by atoms with Gasteiger partial charge in [-0.2, -0.15) is 0 Å². The van der Waals surface area contributed by atoms with Crippen LogP contribution in [-0.4, -0.2) is 4.98 Å². The first-order valence-corrected chi connectivity index (χ1v) is 15.6. The molecule has 0 saturated heterocycles. The van der Waals surface area contributed by atoms with Crippen molar-refractivity contribution in [2.24, 2.45) is 11.5 Å². The average Bonchev–Trinajstić information content (AvgIpc) is 3.12. The minimum atomic E-state index is 0.606. The van der Waals surface area contributed by atoms with Crippen LogP contribution in [0.2, 0.25) is 0 Å². The highest BCUT2D eigenvalue weighted by molar-refractivity contribution is 6.25. The van der Waals surface area contributed by atoms with E-state index in [4.69, 9.17) is 11.5 Å². The van der Waals surface area contributed by atoms with E-state index in [1.54, 1.807) is 6.20 Å². The number of aromatic nitrogens is 1. The molecule has 0 aliphatic carbocycles. The first-order valence-electron chi connectivity index (χ1n) is 15.6. The summed E-state index contributed by atoms with van der Waals surface area (Å²) in [4.78, 5) is 4.42. The van der Waals surface area contributed by atoms with Crippen LogP contribution in [0.4, 0.5) is 0 Å². The summed E-state index contributed by atoms with van der Waals surface area (Å²) in [6.45, 7) is 1.98. The highest BCUT2D eigenvalue weighted by Gasteiger charge is 2.12. The van der Waals surface area contributed by atoms with Crippen molar-refractivity contribution >= 4 is 43.6 Å². The third-order valence-electron chi connectivity index (χ3n) is 8.61. The maximum Gasteiger partial charge on any atom is 0.0859 e. The monoisotopic (exact) mass is 593 g/mol. The number of allylic oxidation sites excluding steroid dienone is 6. The lowest BCUT2D eigenvalue weighted by Crippen LogP contribution is -2.00. The van der Waals surface area contributed by atoms with Gasteiger partial charge in [-0.05, 0) is 96.9 Å². The maximum absolute atomic E-state index is 6.48. The van der Waals surface area contributed by atoms with Gasteiger partial charge in [0.15, 0.2) is 0 Å². The molecule has 4 N–H and O–H groups in total. The smallest absolute Gasteiger partial charge is 0.0859 e. The van der Waals surface area contributed by atoms with Crippen LogP contribution < -0.4 is 11.5 Å².